The van der Waals surface area contributed by atoms with Crippen molar-refractivity contribution in [1.29, 1.82) is 0 Å². The summed E-state index contributed by atoms with van der Waals surface area (Å²) in [5.41, 5.74) is 2.39. The lowest BCUT2D eigenvalue weighted by Crippen LogP contribution is -1.72. The molecule has 0 aliphatic carbocycles. The van der Waals surface area contributed by atoms with Gasteiger partial charge in [0.05, 0.1) is 5.52 Å². The number of H-pyrrole nitrogens is 1. The van der Waals surface area contributed by atoms with Gasteiger partial charge in [0.15, 0.2) is 0 Å². The molecule has 0 radical (unpaired) electrons. The monoisotopic (exact) mass is 178 g/mol. The van der Waals surface area contributed by atoms with E-state index in [0.717, 1.165) is 10.5 Å². The smallest absolute Gasteiger partial charge is 0.125 e. The minimum absolute atomic E-state index is 1.08. The van der Waals surface area contributed by atoms with Crippen LogP contribution in [0, 0.1) is 6.92 Å². The van der Waals surface area contributed by atoms with Crippen molar-refractivity contribution in [3.63, 3.8) is 0 Å². The first-order valence-electron chi connectivity index (χ1n) is 3.80. The summed E-state index contributed by atoms with van der Waals surface area (Å²) in [6.45, 7) is 2.09. The van der Waals surface area contributed by atoms with E-state index in [-0.39, 0.29) is 0 Å². The fourth-order valence-electron chi connectivity index (χ4n) is 1.26. The van der Waals surface area contributed by atoms with Gasteiger partial charge >= 0.3 is 0 Å². The van der Waals surface area contributed by atoms with Crippen LogP contribution in [0.15, 0.2) is 23.2 Å². The summed E-state index contributed by atoms with van der Waals surface area (Å²) in [5, 5.41) is 9.49. The van der Waals surface area contributed by atoms with E-state index in [1.54, 1.807) is 11.8 Å². The number of thioether (sulfide) groups is 1. The summed E-state index contributed by atoms with van der Waals surface area (Å²) in [6.07, 6.45) is 2.04. The minimum atomic E-state index is 1.08. The largest absolute Gasteiger partial charge is 0.277 e. The van der Waals surface area contributed by atoms with E-state index in [1.807, 2.05) is 6.26 Å². The minimum Gasteiger partial charge on any atom is -0.277 e. The Morgan fingerprint density at radius 3 is 3.00 bits per heavy atom. The molecule has 1 aromatic heterocycles. The summed E-state index contributed by atoms with van der Waals surface area (Å²) in [4.78, 5) is 0. The normalized spacial score (nSPS) is 10.8. The Bertz CT molecular complexity index is 406. The molecule has 2 aromatic rings. The van der Waals surface area contributed by atoms with Crippen LogP contribution < -0.4 is 0 Å². The van der Waals surface area contributed by atoms with Gasteiger partial charge in [-0.15, -0.1) is 11.8 Å². The molecule has 0 amide bonds. The molecule has 0 bridgehead atoms. The zero-order valence-electron chi connectivity index (χ0n) is 7.09. The molecular formula is C9H10N2S. The molecule has 2 rings (SSSR count). The van der Waals surface area contributed by atoms with Gasteiger partial charge in [0, 0.05) is 5.39 Å². The molecule has 0 saturated carbocycles. The lowest BCUT2D eigenvalue weighted by atomic mass is 10.2. The van der Waals surface area contributed by atoms with Crippen LogP contribution in [0.1, 0.15) is 5.56 Å². The van der Waals surface area contributed by atoms with Crippen LogP contribution in [0.4, 0.5) is 0 Å². The van der Waals surface area contributed by atoms with Crippen LogP contribution in [0.3, 0.4) is 0 Å². The quantitative estimate of drug-likeness (QED) is 0.680. The molecule has 1 heterocycles. The maximum atomic E-state index is 4.19. The molecule has 0 saturated heterocycles. The predicted octanol–water partition coefficient (Wildman–Crippen LogP) is 2.59. The van der Waals surface area contributed by atoms with Gasteiger partial charge in [0.1, 0.15) is 5.03 Å². The van der Waals surface area contributed by atoms with Crippen LogP contribution in [-0.4, -0.2) is 16.5 Å². The topological polar surface area (TPSA) is 28.7 Å². The molecule has 62 valence electrons. The third-order valence-electron chi connectivity index (χ3n) is 1.88. The number of hydrogen-bond donors (Lipinski definition) is 1. The van der Waals surface area contributed by atoms with Gasteiger partial charge in [-0.2, -0.15) is 5.10 Å². The van der Waals surface area contributed by atoms with Crippen LogP contribution in [-0.2, 0) is 0 Å². The fourth-order valence-corrected chi connectivity index (χ4v) is 1.79. The molecule has 0 spiro atoms. The van der Waals surface area contributed by atoms with Crippen LogP contribution in [0.2, 0.25) is 0 Å². The van der Waals surface area contributed by atoms with Crippen molar-refractivity contribution in [3.8, 4) is 0 Å². The number of rotatable bonds is 1. The maximum absolute atomic E-state index is 4.19. The SMILES string of the molecule is CSc1n[nH]c2ccc(C)cc12. The summed E-state index contributed by atoms with van der Waals surface area (Å²) in [7, 11) is 0. The van der Waals surface area contributed by atoms with E-state index in [1.165, 1.54) is 10.9 Å². The molecule has 0 atom stereocenters. The average molecular weight is 178 g/mol. The second kappa shape index (κ2) is 2.83. The third-order valence-corrected chi connectivity index (χ3v) is 2.57. The number of aromatic amines is 1. The van der Waals surface area contributed by atoms with Gasteiger partial charge in [-0.3, -0.25) is 5.10 Å². The first-order chi connectivity index (χ1) is 5.81. The molecule has 0 aliphatic rings. The number of nitrogens with one attached hydrogen (secondary N) is 1. The highest BCUT2D eigenvalue weighted by molar-refractivity contribution is 7.98. The summed E-state index contributed by atoms with van der Waals surface area (Å²) >= 11 is 1.67. The molecule has 12 heavy (non-hydrogen) atoms. The lowest BCUT2D eigenvalue weighted by Gasteiger charge is -1.92. The number of nitrogens with zero attached hydrogens (tertiary/aromatic N) is 1. The van der Waals surface area contributed by atoms with Crippen molar-refractivity contribution >= 4 is 22.7 Å². The highest BCUT2D eigenvalue weighted by atomic mass is 32.2. The lowest BCUT2D eigenvalue weighted by molar-refractivity contribution is 1.03. The maximum Gasteiger partial charge on any atom is 0.125 e. The van der Waals surface area contributed by atoms with Crippen LogP contribution in [0.25, 0.3) is 10.9 Å². The zero-order valence-corrected chi connectivity index (χ0v) is 7.90. The van der Waals surface area contributed by atoms with E-state index in [0.29, 0.717) is 0 Å². The highest BCUT2D eigenvalue weighted by Gasteiger charge is 2.02. The second-order valence-corrected chi connectivity index (χ2v) is 3.58. The Kier molecular flexibility index (Phi) is 1.81. The van der Waals surface area contributed by atoms with E-state index >= 15 is 0 Å². The first-order valence-corrected chi connectivity index (χ1v) is 5.02. The Morgan fingerprint density at radius 2 is 2.25 bits per heavy atom. The Morgan fingerprint density at radius 1 is 1.42 bits per heavy atom. The summed E-state index contributed by atoms with van der Waals surface area (Å²) < 4.78 is 0. The van der Waals surface area contributed by atoms with Crippen molar-refractivity contribution in [2.45, 2.75) is 11.9 Å². The molecular weight excluding hydrogens is 168 g/mol. The first kappa shape index (κ1) is 7.68. The van der Waals surface area contributed by atoms with Gasteiger partial charge in [0.25, 0.3) is 0 Å². The van der Waals surface area contributed by atoms with Crippen LogP contribution in [0.5, 0.6) is 0 Å². The standard InChI is InChI=1S/C9H10N2S/c1-6-3-4-8-7(5-6)9(12-2)11-10-8/h3-5H,1-2H3,(H,10,11). The highest BCUT2D eigenvalue weighted by Crippen LogP contribution is 2.23. The third kappa shape index (κ3) is 1.10. The van der Waals surface area contributed by atoms with E-state index in [4.69, 9.17) is 0 Å². The molecule has 0 fully saturated rings. The Hall–Kier alpha value is -0.960. The molecule has 3 heteroatoms. The van der Waals surface area contributed by atoms with Crippen molar-refractivity contribution in [3.05, 3.63) is 23.8 Å². The summed E-state index contributed by atoms with van der Waals surface area (Å²) in [6, 6.07) is 6.31. The summed E-state index contributed by atoms with van der Waals surface area (Å²) in [5.74, 6) is 0. The van der Waals surface area contributed by atoms with Gasteiger partial charge in [-0.25, -0.2) is 0 Å². The molecule has 0 aliphatic heterocycles. The number of aromatic nitrogens is 2. The van der Waals surface area contributed by atoms with Crippen molar-refractivity contribution in [2.24, 2.45) is 0 Å². The number of hydrogen-bond acceptors (Lipinski definition) is 2. The second-order valence-electron chi connectivity index (χ2n) is 2.78. The molecule has 0 unspecified atom stereocenters. The van der Waals surface area contributed by atoms with Gasteiger partial charge in [0.2, 0.25) is 0 Å². The predicted molar refractivity (Wildman–Crippen MR) is 52.6 cm³/mol. The van der Waals surface area contributed by atoms with Gasteiger partial charge in [-0.1, -0.05) is 11.6 Å². The average Bonchev–Trinajstić information content (AvgIpc) is 2.46. The Balaban J connectivity index is 2.75. The van der Waals surface area contributed by atoms with Crippen molar-refractivity contribution in [1.82, 2.24) is 10.2 Å². The van der Waals surface area contributed by atoms with Crippen molar-refractivity contribution < 1.29 is 0 Å². The van der Waals surface area contributed by atoms with Gasteiger partial charge in [-0.05, 0) is 25.3 Å². The number of fused-ring (bicyclic) bond motifs is 1. The van der Waals surface area contributed by atoms with E-state index in [9.17, 15) is 0 Å². The fraction of sp³-hybridized carbons (Fsp3) is 0.222. The van der Waals surface area contributed by atoms with E-state index in [2.05, 4.69) is 35.3 Å². The number of aryl methyl sites for hydroxylation is 1. The van der Waals surface area contributed by atoms with Crippen molar-refractivity contribution in [2.75, 3.05) is 6.26 Å². The number of benzene rings is 1. The molecule has 1 aromatic carbocycles. The van der Waals surface area contributed by atoms with E-state index < -0.39 is 0 Å². The molecule has 2 nitrogen and oxygen atoms in total. The van der Waals surface area contributed by atoms with Crippen LogP contribution >= 0.6 is 11.8 Å². The van der Waals surface area contributed by atoms with Gasteiger partial charge < -0.3 is 0 Å². The molecule has 1 N–H and O–H groups in total. The zero-order chi connectivity index (χ0) is 8.55. The Labute approximate surface area is 75.4 Å².